The van der Waals surface area contributed by atoms with Crippen molar-refractivity contribution in [2.45, 2.75) is 58.5 Å². The van der Waals surface area contributed by atoms with Crippen molar-refractivity contribution < 1.29 is 4.39 Å². The molecule has 106 valence electrons. The maximum Gasteiger partial charge on any atom is 0.124 e. The molecular formula is C16H23BrFN. The van der Waals surface area contributed by atoms with Crippen LogP contribution in [0.4, 0.5) is 4.39 Å². The molecule has 2 atom stereocenters. The second-order valence-corrected chi connectivity index (χ2v) is 7.37. The van der Waals surface area contributed by atoms with Gasteiger partial charge in [-0.1, -0.05) is 42.3 Å². The lowest BCUT2D eigenvalue weighted by molar-refractivity contribution is 0.191. The van der Waals surface area contributed by atoms with E-state index in [0.29, 0.717) is 11.5 Å². The van der Waals surface area contributed by atoms with Crippen LogP contribution in [0.15, 0.2) is 22.7 Å². The normalized spacial score (nSPS) is 24.2. The van der Waals surface area contributed by atoms with E-state index in [1.165, 1.54) is 31.7 Å². The van der Waals surface area contributed by atoms with Crippen LogP contribution in [-0.4, -0.2) is 6.04 Å². The quantitative estimate of drug-likeness (QED) is 0.803. The van der Waals surface area contributed by atoms with Crippen molar-refractivity contribution in [3.05, 3.63) is 34.1 Å². The van der Waals surface area contributed by atoms with Crippen molar-refractivity contribution in [3.8, 4) is 0 Å². The maximum absolute atomic E-state index is 13.1. The Kier molecular flexibility index (Phi) is 4.67. The summed E-state index contributed by atoms with van der Waals surface area (Å²) < 4.78 is 14.0. The molecule has 2 unspecified atom stereocenters. The molecule has 0 aromatic heterocycles. The Labute approximate surface area is 124 Å². The minimum atomic E-state index is -0.193. The Bertz CT molecular complexity index is 444. The fraction of sp³-hybridized carbons (Fsp3) is 0.625. The summed E-state index contributed by atoms with van der Waals surface area (Å²) in [6.07, 6.45) is 5.07. The highest BCUT2D eigenvalue weighted by Gasteiger charge is 2.28. The third kappa shape index (κ3) is 4.03. The topological polar surface area (TPSA) is 12.0 Å². The molecule has 1 aliphatic rings. The van der Waals surface area contributed by atoms with Crippen LogP contribution in [0.3, 0.4) is 0 Å². The molecule has 1 aromatic carbocycles. The molecular weight excluding hydrogens is 305 g/mol. The van der Waals surface area contributed by atoms with Gasteiger partial charge in [0.25, 0.3) is 0 Å². The van der Waals surface area contributed by atoms with Gasteiger partial charge in [0.15, 0.2) is 0 Å². The Hall–Kier alpha value is -0.410. The lowest BCUT2D eigenvalue weighted by Crippen LogP contribution is -2.38. The van der Waals surface area contributed by atoms with Crippen LogP contribution in [0.1, 0.15) is 58.1 Å². The average Bonchev–Trinajstić information content (AvgIpc) is 2.27. The molecule has 1 fully saturated rings. The summed E-state index contributed by atoms with van der Waals surface area (Å²) in [7, 11) is 0. The van der Waals surface area contributed by atoms with Crippen LogP contribution >= 0.6 is 15.9 Å². The predicted molar refractivity (Wildman–Crippen MR) is 81.7 cm³/mol. The number of hydrogen-bond donors (Lipinski definition) is 1. The summed E-state index contributed by atoms with van der Waals surface area (Å²) in [5, 5.41) is 3.70. The van der Waals surface area contributed by atoms with Gasteiger partial charge in [0, 0.05) is 16.6 Å². The Morgan fingerprint density at radius 3 is 2.79 bits per heavy atom. The van der Waals surface area contributed by atoms with Crippen molar-refractivity contribution in [1.82, 2.24) is 5.32 Å². The van der Waals surface area contributed by atoms with Crippen LogP contribution in [0.5, 0.6) is 0 Å². The largest absolute Gasteiger partial charge is 0.307 e. The lowest BCUT2D eigenvalue weighted by atomic mass is 9.75. The van der Waals surface area contributed by atoms with Gasteiger partial charge in [0.1, 0.15) is 5.82 Å². The number of hydrogen-bond acceptors (Lipinski definition) is 1. The molecule has 0 radical (unpaired) electrons. The van der Waals surface area contributed by atoms with E-state index in [-0.39, 0.29) is 11.9 Å². The monoisotopic (exact) mass is 327 g/mol. The zero-order chi connectivity index (χ0) is 14.0. The number of benzene rings is 1. The van der Waals surface area contributed by atoms with Gasteiger partial charge in [-0.25, -0.2) is 4.39 Å². The summed E-state index contributed by atoms with van der Waals surface area (Å²) in [5.41, 5.74) is 1.57. The molecule has 19 heavy (non-hydrogen) atoms. The van der Waals surface area contributed by atoms with Gasteiger partial charge in [0.05, 0.1) is 0 Å². The summed E-state index contributed by atoms with van der Waals surface area (Å²) in [5.74, 6) is -0.193. The standard InChI is InChI=1S/C16H23BrFN/c1-11(14-7-6-12(18)9-15(14)17)19-13-5-4-8-16(2,3)10-13/h6-7,9,11,13,19H,4-5,8,10H2,1-3H3. The van der Waals surface area contributed by atoms with Crippen molar-refractivity contribution in [1.29, 1.82) is 0 Å². The van der Waals surface area contributed by atoms with Gasteiger partial charge in [-0.15, -0.1) is 0 Å². The van der Waals surface area contributed by atoms with E-state index in [4.69, 9.17) is 0 Å². The molecule has 1 N–H and O–H groups in total. The van der Waals surface area contributed by atoms with Crippen LogP contribution in [-0.2, 0) is 0 Å². The van der Waals surface area contributed by atoms with Crippen molar-refractivity contribution in [2.24, 2.45) is 5.41 Å². The number of rotatable bonds is 3. The Morgan fingerprint density at radius 1 is 1.42 bits per heavy atom. The zero-order valence-corrected chi connectivity index (χ0v) is 13.6. The Balaban J connectivity index is 2.02. The van der Waals surface area contributed by atoms with E-state index in [2.05, 4.69) is 42.0 Å². The molecule has 0 bridgehead atoms. The van der Waals surface area contributed by atoms with Gasteiger partial charge in [-0.3, -0.25) is 0 Å². The molecule has 3 heteroatoms. The number of halogens is 2. The van der Waals surface area contributed by atoms with Crippen LogP contribution in [0.2, 0.25) is 0 Å². The molecule has 2 rings (SSSR count). The first-order valence-electron chi connectivity index (χ1n) is 7.08. The first-order valence-corrected chi connectivity index (χ1v) is 7.88. The highest BCUT2D eigenvalue weighted by Crippen LogP contribution is 2.36. The van der Waals surface area contributed by atoms with Crippen molar-refractivity contribution in [2.75, 3.05) is 0 Å². The lowest BCUT2D eigenvalue weighted by Gasteiger charge is -2.37. The molecule has 0 aliphatic heterocycles. The SMILES string of the molecule is CC(NC1CCCC(C)(C)C1)c1ccc(F)cc1Br. The van der Waals surface area contributed by atoms with Crippen molar-refractivity contribution >= 4 is 15.9 Å². The fourth-order valence-corrected chi connectivity index (χ4v) is 3.83. The van der Waals surface area contributed by atoms with Crippen molar-refractivity contribution in [3.63, 3.8) is 0 Å². The molecule has 1 aliphatic carbocycles. The molecule has 0 heterocycles. The van der Waals surface area contributed by atoms with Gasteiger partial charge in [0.2, 0.25) is 0 Å². The molecule has 0 saturated heterocycles. The van der Waals surface area contributed by atoms with E-state index in [0.717, 1.165) is 10.0 Å². The van der Waals surface area contributed by atoms with E-state index < -0.39 is 0 Å². The number of nitrogens with one attached hydrogen (secondary N) is 1. The summed E-state index contributed by atoms with van der Waals surface area (Å²) in [4.78, 5) is 0. The average molecular weight is 328 g/mol. The van der Waals surface area contributed by atoms with Gasteiger partial charge in [-0.2, -0.15) is 0 Å². The maximum atomic E-state index is 13.1. The van der Waals surface area contributed by atoms with Gasteiger partial charge >= 0.3 is 0 Å². The van der Waals surface area contributed by atoms with E-state index in [1.54, 1.807) is 6.07 Å². The minimum absolute atomic E-state index is 0.193. The Morgan fingerprint density at radius 2 is 2.16 bits per heavy atom. The molecule has 0 amide bonds. The highest BCUT2D eigenvalue weighted by atomic mass is 79.9. The van der Waals surface area contributed by atoms with E-state index in [9.17, 15) is 4.39 Å². The zero-order valence-electron chi connectivity index (χ0n) is 12.0. The summed E-state index contributed by atoms with van der Waals surface area (Å²) >= 11 is 3.45. The second-order valence-electron chi connectivity index (χ2n) is 6.51. The first-order chi connectivity index (χ1) is 8.87. The minimum Gasteiger partial charge on any atom is -0.307 e. The van der Waals surface area contributed by atoms with Gasteiger partial charge in [-0.05, 0) is 49.3 Å². The summed E-state index contributed by atoms with van der Waals surface area (Å²) in [6.45, 7) is 6.85. The molecule has 1 nitrogen and oxygen atoms in total. The van der Waals surface area contributed by atoms with Crippen LogP contribution < -0.4 is 5.32 Å². The van der Waals surface area contributed by atoms with Crippen LogP contribution in [0, 0.1) is 11.2 Å². The predicted octanol–water partition coefficient (Wildman–Crippen LogP) is 5.21. The third-order valence-electron chi connectivity index (χ3n) is 4.12. The summed E-state index contributed by atoms with van der Waals surface area (Å²) in [6, 6.07) is 5.75. The molecule has 1 aromatic rings. The third-order valence-corrected chi connectivity index (χ3v) is 4.81. The van der Waals surface area contributed by atoms with E-state index in [1.807, 2.05) is 6.07 Å². The van der Waals surface area contributed by atoms with Gasteiger partial charge < -0.3 is 5.32 Å². The fourth-order valence-electron chi connectivity index (χ4n) is 3.14. The first kappa shape index (κ1) is 15.0. The highest BCUT2D eigenvalue weighted by molar-refractivity contribution is 9.10. The van der Waals surface area contributed by atoms with E-state index >= 15 is 0 Å². The smallest absolute Gasteiger partial charge is 0.124 e. The second kappa shape index (κ2) is 5.92. The van der Waals surface area contributed by atoms with Crippen LogP contribution in [0.25, 0.3) is 0 Å². The molecule has 1 saturated carbocycles. The molecule has 0 spiro atoms.